The zero-order chi connectivity index (χ0) is 9.14. The van der Waals surface area contributed by atoms with Crippen LogP contribution < -0.4 is 0 Å². The number of hydrogen-bond donors (Lipinski definition) is 1. The second-order valence-corrected chi connectivity index (χ2v) is 2.49. The van der Waals surface area contributed by atoms with Crippen molar-refractivity contribution in [2.75, 3.05) is 0 Å². The molecule has 0 bridgehead atoms. The second-order valence-electron chi connectivity index (χ2n) is 2.13. The molecule has 0 atom stereocenters. The number of carbonyl (C=O) groups is 1. The summed E-state index contributed by atoms with van der Waals surface area (Å²) in [6.45, 7) is 0. The Morgan fingerprint density at radius 1 is 1.75 bits per heavy atom. The molecule has 0 radical (unpaired) electrons. The van der Waals surface area contributed by atoms with Crippen LogP contribution in [-0.4, -0.2) is 16.1 Å². The summed E-state index contributed by atoms with van der Waals surface area (Å²) in [5.74, 6) is -1.78. The molecule has 64 valence electrons. The predicted molar refractivity (Wildman–Crippen MR) is 40.5 cm³/mol. The molecule has 0 aromatic carbocycles. The van der Waals surface area contributed by atoms with Gasteiger partial charge in [-0.1, -0.05) is 11.6 Å². The third-order valence-corrected chi connectivity index (χ3v) is 1.60. The largest absolute Gasteiger partial charge is 0.481 e. The lowest BCUT2D eigenvalue weighted by Crippen LogP contribution is -2.03. The first-order valence-electron chi connectivity index (χ1n) is 3.12. The van der Waals surface area contributed by atoms with Gasteiger partial charge in [0.1, 0.15) is 11.0 Å². The van der Waals surface area contributed by atoms with Gasteiger partial charge in [-0.15, -0.1) is 0 Å². The molecule has 0 saturated carbocycles. The van der Waals surface area contributed by atoms with Gasteiger partial charge in [-0.05, 0) is 6.07 Å². The average Bonchev–Trinajstić information content (AvgIpc) is 1.97. The molecule has 1 heterocycles. The van der Waals surface area contributed by atoms with Gasteiger partial charge in [-0.3, -0.25) is 4.79 Å². The molecule has 1 aromatic rings. The van der Waals surface area contributed by atoms with E-state index in [1.54, 1.807) is 0 Å². The number of rotatable bonds is 2. The lowest BCUT2D eigenvalue weighted by molar-refractivity contribution is -0.136. The molecule has 1 rings (SSSR count). The predicted octanol–water partition coefficient (Wildman–Crippen LogP) is 1.50. The second kappa shape index (κ2) is 3.49. The van der Waals surface area contributed by atoms with Crippen molar-refractivity contribution in [3.05, 3.63) is 28.8 Å². The van der Waals surface area contributed by atoms with Crippen LogP contribution in [0.3, 0.4) is 0 Å². The fourth-order valence-corrected chi connectivity index (χ4v) is 0.967. The quantitative estimate of drug-likeness (QED) is 0.718. The molecule has 0 spiro atoms. The van der Waals surface area contributed by atoms with Crippen molar-refractivity contribution in [1.29, 1.82) is 0 Å². The molecule has 0 aliphatic carbocycles. The Morgan fingerprint density at radius 3 is 2.92 bits per heavy atom. The highest BCUT2D eigenvalue weighted by molar-refractivity contribution is 6.30. The van der Waals surface area contributed by atoms with Crippen LogP contribution in [0.25, 0.3) is 0 Å². The molecule has 1 N–H and O–H groups in total. The highest BCUT2D eigenvalue weighted by atomic mass is 35.5. The van der Waals surface area contributed by atoms with E-state index in [0.717, 1.165) is 6.07 Å². The first-order valence-corrected chi connectivity index (χ1v) is 3.49. The Labute approximate surface area is 72.8 Å². The van der Waals surface area contributed by atoms with Crippen LogP contribution in [0.1, 0.15) is 5.56 Å². The van der Waals surface area contributed by atoms with Gasteiger partial charge in [0.25, 0.3) is 0 Å². The molecule has 0 aliphatic heterocycles. The summed E-state index contributed by atoms with van der Waals surface area (Å²) in [4.78, 5) is 13.8. The highest BCUT2D eigenvalue weighted by Crippen LogP contribution is 2.16. The van der Waals surface area contributed by atoms with Crippen molar-refractivity contribution in [2.45, 2.75) is 6.42 Å². The Bertz CT molecular complexity index is 296. The van der Waals surface area contributed by atoms with E-state index >= 15 is 0 Å². The lowest BCUT2D eigenvalue weighted by Gasteiger charge is -1.99. The van der Waals surface area contributed by atoms with Crippen molar-refractivity contribution >= 4 is 17.6 Å². The van der Waals surface area contributed by atoms with Crippen LogP contribution in [0.5, 0.6) is 0 Å². The highest BCUT2D eigenvalue weighted by Gasteiger charge is 2.11. The third kappa shape index (κ3) is 1.92. The summed E-state index contributed by atoms with van der Waals surface area (Å²) in [6.07, 6.45) is 0.738. The average molecular weight is 190 g/mol. The van der Waals surface area contributed by atoms with E-state index in [4.69, 9.17) is 16.7 Å². The van der Waals surface area contributed by atoms with E-state index in [1.165, 1.54) is 6.20 Å². The first-order chi connectivity index (χ1) is 5.61. The van der Waals surface area contributed by atoms with E-state index in [-0.39, 0.29) is 10.7 Å². The van der Waals surface area contributed by atoms with Gasteiger partial charge in [0.05, 0.1) is 6.42 Å². The number of aromatic nitrogens is 1. The first kappa shape index (κ1) is 8.93. The van der Waals surface area contributed by atoms with Crippen molar-refractivity contribution in [3.8, 4) is 0 Å². The van der Waals surface area contributed by atoms with Gasteiger partial charge in [0.15, 0.2) is 0 Å². The van der Waals surface area contributed by atoms with Crippen molar-refractivity contribution in [1.82, 2.24) is 4.98 Å². The summed E-state index contributed by atoms with van der Waals surface area (Å²) < 4.78 is 12.8. The number of carboxylic acids is 1. The normalized spacial score (nSPS) is 9.83. The fourth-order valence-electron chi connectivity index (χ4n) is 0.754. The molecule has 0 amide bonds. The lowest BCUT2D eigenvalue weighted by atomic mass is 10.2. The molecule has 0 saturated heterocycles. The number of aliphatic carboxylic acids is 1. The van der Waals surface area contributed by atoms with E-state index in [2.05, 4.69) is 4.98 Å². The summed E-state index contributed by atoms with van der Waals surface area (Å²) in [7, 11) is 0. The van der Waals surface area contributed by atoms with Gasteiger partial charge >= 0.3 is 5.97 Å². The maximum Gasteiger partial charge on any atom is 0.308 e. The molecular formula is C7H5ClFNO2. The van der Waals surface area contributed by atoms with Gasteiger partial charge < -0.3 is 5.11 Å². The van der Waals surface area contributed by atoms with Crippen molar-refractivity contribution in [2.24, 2.45) is 0 Å². The van der Waals surface area contributed by atoms with E-state index in [0.29, 0.717) is 0 Å². The molecule has 12 heavy (non-hydrogen) atoms. The molecule has 3 nitrogen and oxygen atoms in total. The number of hydrogen-bond acceptors (Lipinski definition) is 2. The van der Waals surface area contributed by atoms with E-state index in [9.17, 15) is 9.18 Å². The van der Waals surface area contributed by atoms with Crippen LogP contribution in [-0.2, 0) is 11.2 Å². The molecule has 0 unspecified atom stereocenters. The Hall–Kier alpha value is -1.16. The topological polar surface area (TPSA) is 50.2 Å². The SMILES string of the molecule is O=C(O)Cc1c(F)ccnc1Cl. The smallest absolute Gasteiger partial charge is 0.308 e. The fraction of sp³-hybridized carbons (Fsp3) is 0.143. The van der Waals surface area contributed by atoms with Crippen LogP contribution >= 0.6 is 11.6 Å². The standard InChI is InChI=1S/C7H5ClFNO2/c8-7-4(3-6(11)12)5(9)1-2-10-7/h1-2H,3H2,(H,11,12). The summed E-state index contributed by atoms with van der Waals surface area (Å²) in [6, 6.07) is 1.07. The molecular weight excluding hydrogens is 185 g/mol. The minimum absolute atomic E-state index is 0.0772. The van der Waals surface area contributed by atoms with E-state index < -0.39 is 18.2 Å². The number of halogens is 2. The molecule has 1 aromatic heterocycles. The number of nitrogens with zero attached hydrogens (tertiary/aromatic N) is 1. The molecule has 0 aliphatic rings. The molecule has 5 heteroatoms. The van der Waals surface area contributed by atoms with Gasteiger partial charge in [-0.2, -0.15) is 0 Å². The van der Waals surface area contributed by atoms with Crippen molar-refractivity contribution in [3.63, 3.8) is 0 Å². The summed E-state index contributed by atoms with van der Waals surface area (Å²) in [5, 5.41) is 8.26. The molecule has 0 fully saturated rings. The summed E-state index contributed by atoms with van der Waals surface area (Å²) in [5.41, 5.74) is -0.0772. The zero-order valence-electron chi connectivity index (χ0n) is 5.92. The summed E-state index contributed by atoms with van der Waals surface area (Å²) >= 11 is 5.46. The Kier molecular flexibility index (Phi) is 2.60. The minimum Gasteiger partial charge on any atom is -0.481 e. The van der Waals surface area contributed by atoms with Crippen molar-refractivity contribution < 1.29 is 14.3 Å². The third-order valence-electron chi connectivity index (χ3n) is 1.27. The van der Waals surface area contributed by atoms with Crippen LogP contribution in [0, 0.1) is 5.82 Å². The number of pyridine rings is 1. The van der Waals surface area contributed by atoms with Crippen LogP contribution in [0.2, 0.25) is 5.15 Å². The zero-order valence-corrected chi connectivity index (χ0v) is 6.68. The van der Waals surface area contributed by atoms with Crippen LogP contribution in [0.4, 0.5) is 4.39 Å². The van der Waals surface area contributed by atoms with Gasteiger partial charge in [-0.25, -0.2) is 9.37 Å². The maximum absolute atomic E-state index is 12.8. The van der Waals surface area contributed by atoms with Gasteiger partial charge in [0, 0.05) is 11.8 Å². The van der Waals surface area contributed by atoms with Crippen LogP contribution in [0.15, 0.2) is 12.3 Å². The monoisotopic (exact) mass is 189 g/mol. The maximum atomic E-state index is 12.8. The number of carboxylic acid groups (broad SMARTS) is 1. The van der Waals surface area contributed by atoms with Gasteiger partial charge in [0.2, 0.25) is 0 Å². The Morgan fingerprint density at radius 2 is 2.42 bits per heavy atom. The minimum atomic E-state index is -1.14. The van der Waals surface area contributed by atoms with E-state index in [1.807, 2.05) is 0 Å². The Balaban J connectivity index is 3.04.